The highest BCUT2D eigenvalue weighted by molar-refractivity contribution is 7.99. The van der Waals surface area contributed by atoms with Gasteiger partial charge in [-0.15, -0.1) is 0 Å². The Kier molecular flexibility index (Phi) is 6.27. The maximum absolute atomic E-state index is 12.8. The van der Waals surface area contributed by atoms with Crippen molar-refractivity contribution < 1.29 is 13.2 Å². The maximum atomic E-state index is 12.8. The van der Waals surface area contributed by atoms with Gasteiger partial charge in [0.2, 0.25) is 15.9 Å². The van der Waals surface area contributed by atoms with Gasteiger partial charge in [0.05, 0.1) is 11.3 Å². The molecule has 0 bridgehead atoms. The lowest BCUT2D eigenvalue weighted by Crippen LogP contribution is -2.44. The molecule has 2 heterocycles. The van der Waals surface area contributed by atoms with Crippen molar-refractivity contribution in [3.63, 3.8) is 0 Å². The van der Waals surface area contributed by atoms with Gasteiger partial charge in [0, 0.05) is 36.8 Å². The van der Waals surface area contributed by atoms with Crippen LogP contribution in [0.5, 0.6) is 0 Å². The summed E-state index contributed by atoms with van der Waals surface area (Å²) in [5, 5.41) is 5.54. The van der Waals surface area contributed by atoms with E-state index in [1.54, 1.807) is 16.1 Å². The number of hydrogen-bond donors (Lipinski definition) is 2. The van der Waals surface area contributed by atoms with Gasteiger partial charge in [-0.25, -0.2) is 8.42 Å². The van der Waals surface area contributed by atoms with E-state index in [2.05, 4.69) is 24.5 Å². The third-order valence-corrected chi connectivity index (χ3v) is 8.23. The van der Waals surface area contributed by atoms with E-state index in [4.69, 9.17) is 0 Å². The number of carbonyl (C=O) groups is 1. The number of hydrogen-bond acceptors (Lipinski definition) is 5. The van der Waals surface area contributed by atoms with Crippen molar-refractivity contribution in [1.29, 1.82) is 0 Å². The van der Waals surface area contributed by atoms with Gasteiger partial charge in [0.25, 0.3) is 0 Å². The molecule has 1 amide bonds. The predicted molar refractivity (Wildman–Crippen MR) is 107 cm³/mol. The summed E-state index contributed by atoms with van der Waals surface area (Å²) in [5.41, 5.74) is 1.88. The first-order chi connectivity index (χ1) is 12.4. The van der Waals surface area contributed by atoms with Crippen LogP contribution in [-0.4, -0.2) is 61.1 Å². The second-order valence-electron chi connectivity index (χ2n) is 7.11. The topological polar surface area (TPSA) is 78.5 Å². The molecule has 2 aliphatic rings. The average molecular weight is 398 g/mol. The molecule has 8 heteroatoms. The highest BCUT2D eigenvalue weighted by Gasteiger charge is 2.40. The number of rotatable bonds is 5. The van der Waals surface area contributed by atoms with Crippen LogP contribution in [0.15, 0.2) is 24.3 Å². The summed E-state index contributed by atoms with van der Waals surface area (Å²) >= 11 is 1.78. The number of thioether (sulfide) groups is 1. The van der Waals surface area contributed by atoms with E-state index in [0.29, 0.717) is 32.0 Å². The number of benzene rings is 1. The van der Waals surface area contributed by atoms with Gasteiger partial charge in [0.15, 0.2) is 0 Å². The van der Waals surface area contributed by atoms with Gasteiger partial charge in [-0.1, -0.05) is 32.0 Å². The van der Waals surface area contributed by atoms with Gasteiger partial charge < -0.3 is 10.6 Å². The van der Waals surface area contributed by atoms with E-state index >= 15 is 0 Å². The molecule has 1 aromatic rings. The molecule has 2 N–H and O–H groups in total. The quantitative estimate of drug-likeness (QED) is 0.793. The molecule has 2 fully saturated rings. The van der Waals surface area contributed by atoms with Gasteiger partial charge in [-0.3, -0.25) is 4.79 Å². The summed E-state index contributed by atoms with van der Waals surface area (Å²) in [7, 11) is -3.35. The zero-order valence-electron chi connectivity index (χ0n) is 15.3. The van der Waals surface area contributed by atoms with Gasteiger partial charge in [0.1, 0.15) is 0 Å². The predicted octanol–water partition coefficient (Wildman–Crippen LogP) is 1.86. The van der Waals surface area contributed by atoms with E-state index in [0.717, 1.165) is 22.8 Å². The van der Waals surface area contributed by atoms with Crippen LogP contribution in [0.25, 0.3) is 0 Å². The molecule has 2 aliphatic heterocycles. The summed E-state index contributed by atoms with van der Waals surface area (Å²) in [6, 6.07) is 7.27. The smallest absolute Gasteiger partial charge is 0.241 e. The van der Waals surface area contributed by atoms with Crippen LogP contribution in [0, 0.1) is 0 Å². The van der Waals surface area contributed by atoms with E-state index < -0.39 is 21.3 Å². The van der Waals surface area contributed by atoms with Gasteiger partial charge in [-0.2, -0.15) is 16.1 Å². The minimum Gasteiger partial charge on any atom is -0.324 e. The second kappa shape index (κ2) is 8.29. The molecule has 3 rings (SSSR count). The number of sulfonamides is 1. The highest BCUT2D eigenvalue weighted by Crippen LogP contribution is 2.26. The third-order valence-electron chi connectivity index (χ3n) is 5.00. The lowest BCUT2D eigenvalue weighted by atomic mass is 10.0. The van der Waals surface area contributed by atoms with Crippen LogP contribution in [0.4, 0.5) is 5.69 Å². The van der Waals surface area contributed by atoms with Crippen LogP contribution in [0.3, 0.4) is 0 Å². The molecule has 6 nitrogen and oxygen atoms in total. The fourth-order valence-corrected chi connectivity index (χ4v) is 6.47. The molecule has 0 aliphatic carbocycles. The molecular weight excluding hydrogens is 370 g/mol. The number of nitrogens with one attached hydrogen (secondary N) is 2. The summed E-state index contributed by atoms with van der Waals surface area (Å²) in [4.78, 5) is 12.7. The van der Waals surface area contributed by atoms with Crippen molar-refractivity contribution in [3.05, 3.63) is 29.8 Å². The minimum atomic E-state index is -3.35. The normalized spacial score (nSPS) is 24.7. The Bertz CT molecular complexity index is 746. The summed E-state index contributed by atoms with van der Waals surface area (Å²) in [6.07, 6.45) is 0.321. The molecule has 0 saturated carbocycles. The monoisotopic (exact) mass is 397 g/mol. The molecule has 2 atom stereocenters. The first kappa shape index (κ1) is 19.7. The van der Waals surface area contributed by atoms with Crippen molar-refractivity contribution in [2.24, 2.45) is 0 Å². The zero-order chi connectivity index (χ0) is 18.7. The number of nitrogens with zero attached hydrogens (tertiary/aromatic N) is 1. The summed E-state index contributed by atoms with van der Waals surface area (Å²) < 4.78 is 27.2. The van der Waals surface area contributed by atoms with Crippen molar-refractivity contribution >= 4 is 33.4 Å². The minimum absolute atomic E-state index is 0.162. The summed E-state index contributed by atoms with van der Waals surface area (Å²) in [6.45, 7) is 5.64. The lowest BCUT2D eigenvalue weighted by Gasteiger charge is -2.28. The Morgan fingerprint density at radius 3 is 2.65 bits per heavy atom. The molecule has 144 valence electrons. The molecule has 1 aromatic carbocycles. The molecule has 0 radical (unpaired) electrons. The zero-order valence-corrected chi connectivity index (χ0v) is 16.9. The molecular formula is C18H27N3O3S2. The van der Waals surface area contributed by atoms with Crippen molar-refractivity contribution in [1.82, 2.24) is 9.62 Å². The highest BCUT2D eigenvalue weighted by atomic mass is 32.2. The van der Waals surface area contributed by atoms with Crippen LogP contribution in [0.2, 0.25) is 0 Å². The number of para-hydroxylation sites is 1. The van der Waals surface area contributed by atoms with E-state index in [9.17, 15) is 13.2 Å². The Morgan fingerprint density at radius 1 is 1.27 bits per heavy atom. The van der Waals surface area contributed by atoms with Crippen LogP contribution >= 0.6 is 11.8 Å². The molecule has 0 spiro atoms. The molecule has 2 unspecified atom stereocenters. The van der Waals surface area contributed by atoms with E-state index in [-0.39, 0.29) is 5.91 Å². The number of carbonyl (C=O) groups excluding carboxylic acids is 1. The fraction of sp³-hybridized carbons (Fsp3) is 0.611. The van der Waals surface area contributed by atoms with Crippen LogP contribution in [-0.2, 0) is 14.8 Å². The van der Waals surface area contributed by atoms with Gasteiger partial charge in [-0.05, 0) is 24.0 Å². The Labute approximate surface area is 160 Å². The molecule has 26 heavy (non-hydrogen) atoms. The van der Waals surface area contributed by atoms with Crippen molar-refractivity contribution in [3.8, 4) is 0 Å². The number of amides is 1. The first-order valence-corrected chi connectivity index (χ1v) is 11.7. The lowest BCUT2D eigenvalue weighted by molar-refractivity contribution is -0.117. The SMILES string of the molecule is CC(C)c1ccccc1NC(=O)C1CC(S(=O)(=O)N2CCSCC2)CN1. The average Bonchev–Trinajstić information content (AvgIpc) is 3.14. The van der Waals surface area contributed by atoms with Crippen LogP contribution in [0.1, 0.15) is 31.7 Å². The molecule has 0 aromatic heterocycles. The second-order valence-corrected chi connectivity index (χ2v) is 10.5. The van der Waals surface area contributed by atoms with Crippen molar-refractivity contribution in [2.75, 3.05) is 36.5 Å². The Balaban J connectivity index is 1.64. The number of anilines is 1. The molecule has 2 saturated heterocycles. The third kappa shape index (κ3) is 4.24. The van der Waals surface area contributed by atoms with E-state index in [1.165, 1.54) is 0 Å². The standard InChI is InChI=1S/C18H27N3O3S2/c1-13(2)15-5-3-4-6-16(15)20-18(22)17-11-14(12-19-17)26(23,24)21-7-9-25-10-8-21/h3-6,13-14,17,19H,7-12H2,1-2H3,(H,20,22). The first-order valence-electron chi connectivity index (χ1n) is 9.09. The largest absolute Gasteiger partial charge is 0.324 e. The Hall–Kier alpha value is -1.09. The summed E-state index contributed by atoms with van der Waals surface area (Å²) in [5.74, 6) is 1.82. The Morgan fingerprint density at radius 2 is 1.96 bits per heavy atom. The van der Waals surface area contributed by atoms with Crippen LogP contribution < -0.4 is 10.6 Å². The van der Waals surface area contributed by atoms with Gasteiger partial charge >= 0.3 is 0 Å². The van der Waals surface area contributed by atoms with E-state index in [1.807, 2.05) is 24.3 Å². The maximum Gasteiger partial charge on any atom is 0.241 e. The fourth-order valence-electron chi connectivity index (χ4n) is 3.48. The van der Waals surface area contributed by atoms with Crippen molar-refractivity contribution in [2.45, 2.75) is 37.5 Å².